The van der Waals surface area contributed by atoms with E-state index >= 15 is 0 Å². The number of carbonyl (C=O) groups is 1. The second-order valence-corrected chi connectivity index (χ2v) is 7.82. The van der Waals surface area contributed by atoms with Crippen LogP contribution in [0.15, 0.2) is 95.5 Å². The summed E-state index contributed by atoms with van der Waals surface area (Å²) in [5, 5.41) is 8.24. The molecule has 0 saturated heterocycles. The van der Waals surface area contributed by atoms with E-state index in [1.807, 2.05) is 66.7 Å². The number of benzene rings is 4. The van der Waals surface area contributed by atoms with Gasteiger partial charge in [0.05, 0.1) is 0 Å². The largest absolute Gasteiger partial charge is 0.432 e. The van der Waals surface area contributed by atoms with Gasteiger partial charge in [-0.1, -0.05) is 64.5 Å². The lowest BCUT2D eigenvalue weighted by atomic mass is 10.1. The van der Waals surface area contributed by atoms with E-state index in [0.717, 1.165) is 26.6 Å². The van der Waals surface area contributed by atoms with E-state index in [1.165, 1.54) is 0 Å². The zero-order chi connectivity index (χ0) is 20.9. The van der Waals surface area contributed by atoms with E-state index in [4.69, 9.17) is 17.0 Å². The molecule has 2 N–H and O–H groups in total. The van der Waals surface area contributed by atoms with Gasteiger partial charge in [0.15, 0.2) is 0 Å². The van der Waals surface area contributed by atoms with Crippen LogP contribution < -0.4 is 15.4 Å². The summed E-state index contributed by atoms with van der Waals surface area (Å²) in [6.07, 6.45) is 0. The molecule has 0 aliphatic heterocycles. The standard InChI is InChI=1S/C24H17BrN2O2S/c25-18-9-5-10-19(15-18)26-24(30)29-20-11-3-8-17(14-20)23(28)27-22-13-4-7-16-6-1-2-12-21(16)22/h1-15H,(H,26,30)(H,27,28). The van der Waals surface area contributed by atoms with Crippen molar-refractivity contribution in [3.05, 3.63) is 101 Å². The maximum Gasteiger partial charge on any atom is 0.266 e. The molecule has 148 valence electrons. The second kappa shape index (κ2) is 9.07. The van der Waals surface area contributed by atoms with Gasteiger partial charge in [-0.15, -0.1) is 0 Å². The van der Waals surface area contributed by atoms with Crippen LogP contribution in [-0.4, -0.2) is 11.1 Å². The van der Waals surface area contributed by atoms with Gasteiger partial charge in [-0.2, -0.15) is 0 Å². The van der Waals surface area contributed by atoms with Gasteiger partial charge >= 0.3 is 0 Å². The van der Waals surface area contributed by atoms with Crippen LogP contribution in [0, 0.1) is 0 Å². The van der Waals surface area contributed by atoms with Crippen molar-refractivity contribution in [3.63, 3.8) is 0 Å². The van der Waals surface area contributed by atoms with Crippen LogP contribution in [0.4, 0.5) is 11.4 Å². The topological polar surface area (TPSA) is 50.4 Å². The van der Waals surface area contributed by atoms with Gasteiger partial charge in [0, 0.05) is 26.8 Å². The Hall–Kier alpha value is -3.22. The molecule has 0 fully saturated rings. The van der Waals surface area contributed by atoms with Crippen LogP contribution in [0.2, 0.25) is 0 Å². The van der Waals surface area contributed by atoms with Gasteiger partial charge in [-0.3, -0.25) is 4.79 Å². The average molecular weight is 477 g/mol. The van der Waals surface area contributed by atoms with Gasteiger partial charge in [0.25, 0.3) is 11.1 Å². The average Bonchev–Trinajstić information content (AvgIpc) is 2.74. The summed E-state index contributed by atoms with van der Waals surface area (Å²) in [5.74, 6) is 0.260. The smallest absolute Gasteiger partial charge is 0.266 e. The molecule has 4 aromatic carbocycles. The molecule has 0 aliphatic carbocycles. The molecule has 4 aromatic rings. The molecule has 4 rings (SSSR count). The van der Waals surface area contributed by atoms with E-state index in [1.54, 1.807) is 24.3 Å². The van der Waals surface area contributed by atoms with Gasteiger partial charge < -0.3 is 15.4 Å². The third-order valence-electron chi connectivity index (χ3n) is 4.42. The normalized spacial score (nSPS) is 10.4. The summed E-state index contributed by atoms with van der Waals surface area (Å²) in [7, 11) is 0. The molecule has 0 bridgehead atoms. The zero-order valence-corrected chi connectivity index (χ0v) is 18.2. The lowest BCUT2D eigenvalue weighted by molar-refractivity contribution is 0.102. The van der Waals surface area contributed by atoms with E-state index < -0.39 is 0 Å². The molecule has 0 aliphatic rings. The summed E-state index contributed by atoms with van der Waals surface area (Å²) >= 11 is 8.70. The Kier molecular flexibility index (Phi) is 6.07. The Morgan fingerprint density at radius 3 is 2.47 bits per heavy atom. The molecular formula is C24H17BrN2O2S. The van der Waals surface area contributed by atoms with Crippen molar-refractivity contribution in [1.29, 1.82) is 0 Å². The molecule has 30 heavy (non-hydrogen) atoms. The van der Waals surface area contributed by atoms with E-state index in [9.17, 15) is 4.79 Å². The Morgan fingerprint density at radius 1 is 0.833 bits per heavy atom. The molecular weight excluding hydrogens is 460 g/mol. The first-order valence-corrected chi connectivity index (χ1v) is 10.4. The maximum atomic E-state index is 12.8. The third kappa shape index (κ3) is 4.84. The zero-order valence-electron chi connectivity index (χ0n) is 15.8. The highest BCUT2D eigenvalue weighted by atomic mass is 79.9. The number of anilines is 2. The SMILES string of the molecule is O=C(Nc1cccc2ccccc12)c1cccc(OC(=S)Nc2cccc(Br)c2)c1. The molecule has 0 aromatic heterocycles. The maximum absolute atomic E-state index is 12.8. The van der Waals surface area contributed by atoms with Crippen molar-refractivity contribution in [1.82, 2.24) is 0 Å². The van der Waals surface area contributed by atoms with E-state index in [2.05, 4.69) is 26.6 Å². The molecule has 6 heteroatoms. The number of carbonyl (C=O) groups excluding carboxylic acids is 1. The lowest BCUT2D eigenvalue weighted by Gasteiger charge is -2.12. The van der Waals surface area contributed by atoms with Crippen LogP contribution in [-0.2, 0) is 0 Å². The molecule has 0 heterocycles. The molecule has 1 amide bonds. The highest BCUT2D eigenvalue weighted by molar-refractivity contribution is 9.10. The number of hydrogen-bond donors (Lipinski definition) is 2. The number of hydrogen-bond acceptors (Lipinski definition) is 3. The number of thiocarbonyl (C=S) groups is 1. The van der Waals surface area contributed by atoms with Crippen molar-refractivity contribution >= 4 is 61.4 Å². The van der Waals surface area contributed by atoms with Gasteiger partial charge in [-0.25, -0.2) is 0 Å². The first-order chi connectivity index (χ1) is 14.6. The van der Waals surface area contributed by atoms with Crippen LogP contribution >= 0.6 is 28.1 Å². The highest BCUT2D eigenvalue weighted by Crippen LogP contribution is 2.24. The molecule has 0 radical (unpaired) electrons. The first kappa shape index (κ1) is 20.1. The summed E-state index contributed by atoms with van der Waals surface area (Å²) in [6.45, 7) is 0. The van der Waals surface area contributed by atoms with Gasteiger partial charge in [-0.05, 0) is 60.1 Å². The number of rotatable bonds is 4. The van der Waals surface area contributed by atoms with E-state index in [-0.39, 0.29) is 11.1 Å². The van der Waals surface area contributed by atoms with Crippen LogP contribution in [0.25, 0.3) is 10.8 Å². The van der Waals surface area contributed by atoms with Crippen molar-refractivity contribution in [2.45, 2.75) is 0 Å². The van der Waals surface area contributed by atoms with Crippen LogP contribution in [0.1, 0.15) is 10.4 Å². The van der Waals surface area contributed by atoms with Gasteiger partial charge in [0.2, 0.25) is 0 Å². The summed E-state index contributed by atoms with van der Waals surface area (Å²) in [5.41, 5.74) is 2.04. The Labute approximate surface area is 188 Å². The number of fused-ring (bicyclic) bond motifs is 1. The fourth-order valence-electron chi connectivity index (χ4n) is 3.05. The second-order valence-electron chi connectivity index (χ2n) is 6.53. The molecule has 4 nitrogen and oxygen atoms in total. The summed E-state index contributed by atoms with van der Waals surface area (Å²) in [4.78, 5) is 12.8. The van der Waals surface area contributed by atoms with E-state index in [0.29, 0.717) is 11.3 Å². The fraction of sp³-hybridized carbons (Fsp3) is 0. The third-order valence-corrected chi connectivity index (χ3v) is 5.09. The summed E-state index contributed by atoms with van der Waals surface area (Å²) < 4.78 is 6.63. The molecule has 0 unspecified atom stereocenters. The predicted octanol–water partition coefficient (Wildman–Crippen LogP) is 6.63. The van der Waals surface area contributed by atoms with Crippen molar-refractivity contribution in [2.24, 2.45) is 0 Å². The highest BCUT2D eigenvalue weighted by Gasteiger charge is 2.10. The molecule has 0 atom stereocenters. The number of ether oxygens (including phenoxy) is 1. The molecule has 0 saturated carbocycles. The summed E-state index contributed by atoms with van der Waals surface area (Å²) in [6, 6.07) is 28.2. The quantitative estimate of drug-likeness (QED) is 0.324. The first-order valence-electron chi connectivity index (χ1n) is 9.22. The monoisotopic (exact) mass is 476 g/mol. The molecule has 0 spiro atoms. The Morgan fingerprint density at radius 2 is 1.60 bits per heavy atom. The Balaban J connectivity index is 1.47. The van der Waals surface area contributed by atoms with Crippen LogP contribution in [0.3, 0.4) is 0 Å². The fourth-order valence-corrected chi connectivity index (χ4v) is 3.66. The van der Waals surface area contributed by atoms with Crippen LogP contribution in [0.5, 0.6) is 5.75 Å². The number of amides is 1. The van der Waals surface area contributed by atoms with Crippen molar-refractivity contribution in [3.8, 4) is 5.75 Å². The Bertz CT molecular complexity index is 1240. The van der Waals surface area contributed by atoms with Crippen molar-refractivity contribution in [2.75, 3.05) is 10.6 Å². The predicted molar refractivity (Wildman–Crippen MR) is 129 cm³/mol. The van der Waals surface area contributed by atoms with Gasteiger partial charge in [0.1, 0.15) is 5.75 Å². The number of nitrogens with one attached hydrogen (secondary N) is 2. The lowest BCUT2D eigenvalue weighted by Crippen LogP contribution is -2.17. The minimum absolute atomic E-state index is 0.194. The minimum Gasteiger partial charge on any atom is -0.432 e. The minimum atomic E-state index is -0.220. The van der Waals surface area contributed by atoms with Crippen molar-refractivity contribution < 1.29 is 9.53 Å². The number of halogens is 1.